The van der Waals surface area contributed by atoms with Gasteiger partial charge in [0.25, 0.3) is 0 Å². The molecule has 5 nitrogen and oxygen atoms in total. The summed E-state index contributed by atoms with van der Waals surface area (Å²) in [7, 11) is 0. The van der Waals surface area contributed by atoms with Crippen LogP contribution in [-0.2, 0) is 11.3 Å². The summed E-state index contributed by atoms with van der Waals surface area (Å²) in [5, 5.41) is 8.10. The molecule has 0 aromatic heterocycles. The number of carbonyl (C=O) groups excluding carboxylic acids is 2. The molecule has 0 heterocycles. The van der Waals surface area contributed by atoms with E-state index in [0.717, 1.165) is 11.1 Å². The summed E-state index contributed by atoms with van der Waals surface area (Å²) >= 11 is 0. The molecule has 3 N–H and O–H groups in total. The SMILES string of the molecule is C[C@H](NC(=O)CNC(=O)NCc1ccccc1)c1ccccc1. The third-order valence-electron chi connectivity index (χ3n) is 3.38. The highest BCUT2D eigenvalue weighted by Crippen LogP contribution is 2.10. The number of hydrogen-bond donors (Lipinski definition) is 3. The normalized spacial score (nSPS) is 11.3. The summed E-state index contributed by atoms with van der Waals surface area (Å²) in [5.74, 6) is -0.226. The van der Waals surface area contributed by atoms with Crippen molar-refractivity contribution in [1.29, 1.82) is 0 Å². The van der Waals surface area contributed by atoms with Crippen LogP contribution in [0.5, 0.6) is 0 Å². The Kier molecular flexibility index (Phi) is 6.17. The first-order valence-electron chi connectivity index (χ1n) is 7.55. The molecule has 0 spiro atoms. The van der Waals surface area contributed by atoms with E-state index in [9.17, 15) is 9.59 Å². The van der Waals surface area contributed by atoms with Gasteiger partial charge in [-0.05, 0) is 18.1 Å². The molecule has 5 heteroatoms. The summed E-state index contributed by atoms with van der Waals surface area (Å²) in [5.41, 5.74) is 2.03. The van der Waals surface area contributed by atoms with Gasteiger partial charge in [-0.15, -0.1) is 0 Å². The van der Waals surface area contributed by atoms with Crippen molar-refractivity contribution in [3.63, 3.8) is 0 Å². The average Bonchev–Trinajstić information content (AvgIpc) is 2.60. The minimum absolute atomic E-state index is 0.0577. The molecule has 0 aliphatic carbocycles. The van der Waals surface area contributed by atoms with Gasteiger partial charge in [-0.3, -0.25) is 4.79 Å². The van der Waals surface area contributed by atoms with Gasteiger partial charge in [0.1, 0.15) is 0 Å². The van der Waals surface area contributed by atoms with Crippen molar-refractivity contribution in [2.24, 2.45) is 0 Å². The van der Waals surface area contributed by atoms with E-state index in [1.54, 1.807) is 0 Å². The number of rotatable bonds is 6. The molecule has 0 bridgehead atoms. The third kappa shape index (κ3) is 5.82. The molecule has 2 aromatic carbocycles. The maximum atomic E-state index is 11.9. The molecule has 2 rings (SSSR count). The van der Waals surface area contributed by atoms with Gasteiger partial charge in [-0.25, -0.2) is 4.79 Å². The fourth-order valence-electron chi connectivity index (χ4n) is 2.12. The third-order valence-corrected chi connectivity index (χ3v) is 3.38. The molecule has 3 amide bonds. The minimum Gasteiger partial charge on any atom is -0.348 e. The predicted octanol–water partition coefficient (Wildman–Crippen LogP) is 2.36. The molecule has 0 saturated heterocycles. The Morgan fingerprint density at radius 1 is 0.913 bits per heavy atom. The summed E-state index contributed by atoms with van der Waals surface area (Å²) < 4.78 is 0. The molecule has 0 unspecified atom stereocenters. The Hall–Kier alpha value is -2.82. The second-order valence-electron chi connectivity index (χ2n) is 5.22. The van der Waals surface area contributed by atoms with Gasteiger partial charge in [-0.2, -0.15) is 0 Å². The van der Waals surface area contributed by atoms with Crippen molar-refractivity contribution in [3.8, 4) is 0 Å². The lowest BCUT2D eigenvalue weighted by Crippen LogP contribution is -2.42. The van der Waals surface area contributed by atoms with Crippen molar-refractivity contribution in [2.45, 2.75) is 19.5 Å². The van der Waals surface area contributed by atoms with E-state index < -0.39 is 0 Å². The van der Waals surface area contributed by atoms with Crippen LogP contribution in [0.3, 0.4) is 0 Å². The lowest BCUT2D eigenvalue weighted by molar-refractivity contribution is -0.120. The zero-order chi connectivity index (χ0) is 16.5. The molecule has 0 radical (unpaired) electrons. The molecule has 2 aromatic rings. The molecule has 0 fully saturated rings. The highest BCUT2D eigenvalue weighted by atomic mass is 16.2. The summed E-state index contributed by atoms with van der Waals surface area (Å²) in [6.45, 7) is 2.27. The molecular weight excluding hydrogens is 290 g/mol. The zero-order valence-electron chi connectivity index (χ0n) is 13.1. The van der Waals surface area contributed by atoms with Crippen LogP contribution >= 0.6 is 0 Å². The Labute approximate surface area is 136 Å². The number of nitrogens with one attached hydrogen (secondary N) is 3. The molecule has 0 saturated carbocycles. The number of amides is 3. The van der Waals surface area contributed by atoms with Gasteiger partial charge in [0.15, 0.2) is 0 Å². The van der Waals surface area contributed by atoms with Crippen molar-refractivity contribution in [1.82, 2.24) is 16.0 Å². The van der Waals surface area contributed by atoms with Crippen LogP contribution in [0.2, 0.25) is 0 Å². The Morgan fingerprint density at radius 2 is 1.52 bits per heavy atom. The first kappa shape index (κ1) is 16.5. The molecule has 1 atom stereocenters. The molecular formula is C18H21N3O2. The average molecular weight is 311 g/mol. The summed E-state index contributed by atoms with van der Waals surface area (Å²) in [6.07, 6.45) is 0. The van der Waals surface area contributed by atoms with E-state index in [2.05, 4.69) is 16.0 Å². The second-order valence-corrected chi connectivity index (χ2v) is 5.22. The van der Waals surface area contributed by atoms with E-state index >= 15 is 0 Å². The molecule has 0 aliphatic heterocycles. The van der Waals surface area contributed by atoms with Gasteiger partial charge in [-0.1, -0.05) is 60.7 Å². The van der Waals surface area contributed by atoms with Gasteiger partial charge in [0, 0.05) is 6.54 Å². The molecule has 120 valence electrons. The minimum atomic E-state index is -0.364. The van der Waals surface area contributed by atoms with Crippen LogP contribution in [0, 0.1) is 0 Å². The number of carbonyl (C=O) groups is 2. The fourth-order valence-corrected chi connectivity index (χ4v) is 2.12. The van der Waals surface area contributed by atoms with Crippen LogP contribution < -0.4 is 16.0 Å². The first-order chi connectivity index (χ1) is 11.1. The van der Waals surface area contributed by atoms with Crippen LogP contribution in [0.25, 0.3) is 0 Å². The van der Waals surface area contributed by atoms with Crippen LogP contribution in [0.15, 0.2) is 60.7 Å². The second kappa shape index (κ2) is 8.58. The van der Waals surface area contributed by atoms with Crippen LogP contribution in [0.1, 0.15) is 24.1 Å². The monoisotopic (exact) mass is 311 g/mol. The highest BCUT2D eigenvalue weighted by molar-refractivity contribution is 5.84. The molecule has 0 aliphatic rings. The van der Waals surface area contributed by atoms with Gasteiger partial charge < -0.3 is 16.0 Å². The van der Waals surface area contributed by atoms with E-state index in [4.69, 9.17) is 0 Å². The Morgan fingerprint density at radius 3 is 2.17 bits per heavy atom. The lowest BCUT2D eigenvalue weighted by atomic mass is 10.1. The summed E-state index contributed by atoms with van der Waals surface area (Å²) in [4.78, 5) is 23.5. The standard InChI is InChI=1S/C18H21N3O2/c1-14(16-10-6-3-7-11-16)21-17(22)13-20-18(23)19-12-15-8-4-2-5-9-15/h2-11,14H,12-13H2,1H3,(H,21,22)(H2,19,20,23)/t14-/m0/s1. The number of hydrogen-bond acceptors (Lipinski definition) is 2. The maximum absolute atomic E-state index is 11.9. The highest BCUT2D eigenvalue weighted by Gasteiger charge is 2.10. The van der Waals surface area contributed by atoms with E-state index in [0.29, 0.717) is 6.54 Å². The van der Waals surface area contributed by atoms with Gasteiger partial charge in [0.2, 0.25) is 5.91 Å². The quantitative estimate of drug-likeness (QED) is 0.766. The first-order valence-corrected chi connectivity index (χ1v) is 7.55. The smallest absolute Gasteiger partial charge is 0.315 e. The predicted molar refractivity (Wildman–Crippen MR) is 89.7 cm³/mol. The lowest BCUT2D eigenvalue weighted by Gasteiger charge is -2.14. The van der Waals surface area contributed by atoms with Gasteiger partial charge in [0.05, 0.1) is 12.6 Å². The van der Waals surface area contributed by atoms with Crippen molar-refractivity contribution in [2.75, 3.05) is 6.54 Å². The van der Waals surface area contributed by atoms with Crippen LogP contribution in [-0.4, -0.2) is 18.5 Å². The molecule has 23 heavy (non-hydrogen) atoms. The summed E-state index contributed by atoms with van der Waals surface area (Å²) in [6, 6.07) is 18.8. The number of benzene rings is 2. The topological polar surface area (TPSA) is 70.2 Å². The van der Waals surface area contributed by atoms with Crippen molar-refractivity contribution < 1.29 is 9.59 Å². The van der Waals surface area contributed by atoms with E-state index in [-0.39, 0.29) is 24.5 Å². The maximum Gasteiger partial charge on any atom is 0.315 e. The van der Waals surface area contributed by atoms with E-state index in [1.807, 2.05) is 67.6 Å². The van der Waals surface area contributed by atoms with Gasteiger partial charge >= 0.3 is 6.03 Å². The number of urea groups is 1. The zero-order valence-corrected chi connectivity index (χ0v) is 13.1. The van der Waals surface area contributed by atoms with Crippen LogP contribution in [0.4, 0.5) is 4.79 Å². The van der Waals surface area contributed by atoms with Crippen molar-refractivity contribution >= 4 is 11.9 Å². The fraction of sp³-hybridized carbons (Fsp3) is 0.222. The van der Waals surface area contributed by atoms with Crippen molar-refractivity contribution in [3.05, 3.63) is 71.8 Å². The van der Waals surface area contributed by atoms with E-state index in [1.165, 1.54) is 0 Å². The Balaban J connectivity index is 1.68. The largest absolute Gasteiger partial charge is 0.348 e. The Bertz CT molecular complexity index is 629.